The normalized spacial score (nSPS) is 9.44. The number of halogens is 1. The summed E-state index contributed by atoms with van der Waals surface area (Å²) in [6, 6.07) is 3.58. The molecule has 0 aliphatic rings. The molecule has 48 valence electrons. The predicted octanol–water partition coefficient (Wildman–Crippen LogP) is 0.950. The fourth-order valence-corrected chi connectivity index (χ4v) is 0.748. The van der Waals surface area contributed by atoms with Crippen molar-refractivity contribution in [3.05, 3.63) is 30.1 Å². The Balaban J connectivity index is 2.94. The average molecular weight is 145 g/mol. The minimum atomic E-state index is 0.432. The van der Waals surface area contributed by atoms with Gasteiger partial charge in [-0.05, 0) is 6.07 Å². The van der Waals surface area contributed by atoms with Crippen molar-refractivity contribution in [1.82, 2.24) is 0 Å². The molecule has 0 atom stereocenters. The fraction of sp³-hybridized carbons (Fsp3) is 0.167. The maximum absolute atomic E-state index is 8.80. The van der Waals surface area contributed by atoms with Gasteiger partial charge in [-0.15, -0.1) is 11.6 Å². The molecule has 0 radical (unpaired) electrons. The second-order valence-corrected chi connectivity index (χ2v) is 1.99. The van der Waals surface area contributed by atoms with Gasteiger partial charge in [-0.25, -0.2) is 0 Å². The summed E-state index contributed by atoms with van der Waals surface area (Å²) in [5.74, 6) is 0.432. The molecule has 0 unspecified atom stereocenters. The van der Waals surface area contributed by atoms with Crippen LogP contribution in [-0.2, 0) is 5.88 Å². The molecule has 1 aromatic heterocycles. The van der Waals surface area contributed by atoms with E-state index in [1.165, 1.54) is 6.20 Å². The van der Waals surface area contributed by atoms with Crippen LogP contribution in [0.4, 0.5) is 0 Å². The van der Waals surface area contributed by atoms with Gasteiger partial charge in [0, 0.05) is 16.4 Å². The third-order valence-corrected chi connectivity index (χ3v) is 1.31. The molecule has 3 heteroatoms. The Morgan fingerprint density at radius 2 is 2.44 bits per heavy atom. The van der Waals surface area contributed by atoms with E-state index in [4.69, 9.17) is 16.8 Å². The van der Waals surface area contributed by atoms with Crippen LogP contribution in [0.2, 0.25) is 0 Å². The van der Waals surface area contributed by atoms with E-state index in [0.717, 1.165) is 10.3 Å². The van der Waals surface area contributed by atoms with Crippen LogP contribution >= 0.6 is 11.6 Å². The maximum atomic E-state index is 8.80. The molecule has 0 bridgehead atoms. The molecule has 9 heavy (non-hydrogen) atoms. The highest BCUT2D eigenvalue weighted by Crippen LogP contribution is 1.97. The van der Waals surface area contributed by atoms with Crippen molar-refractivity contribution in [2.75, 3.05) is 0 Å². The number of rotatable bonds is 1. The number of hydrogen-bond acceptors (Lipinski definition) is 1. The SMILES string of the molecule is O[n+]1cccc(CCl)c1. The minimum Gasteiger partial charge on any atom is -0.285 e. The van der Waals surface area contributed by atoms with Crippen LogP contribution in [-0.4, -0.2) is 5.21 Å². The monoisotopic (exact) mass is 144 g/mol. The fourth-order valence-electron chi connectivity index (χ4n) is 0.590. The van der Waals surface area contributed by atoms with Gasteiger partial charge in [-0.1, -0.05) is 0 Å². The Kier molecular flexibility index (Phi) is 1.90. The van der Waals surface area contributed by atoms with E-state index in [-0.39, 0.29) is 0 Å². The van der Waals surface area contributed by atoms with Crippen molar-refractivity contribution < 1.29 is 9.94 Å². The first-order valence-electron chi connectivity index (χ1n) is 2.58. The highest BCUT2D eigenvalue weighted by atomic mass is 35.5. The molecule has 0 aromatic carbocycles. The number of hydrogen-bond donors (Lipinski definition) is 1. The molecule has 0 amide bonds. The number of pyridine rings is 1. The Morgan fingerprint density at radius 1 is 1.67 bits per heavy atom. The van der Waals surface area contributed by atoms with Crippen molar-refractivity contribution in [3.63, 3.8) is 0 Å². The van der Waals surface area contributed by atoms with Crippen LogP contribution in [0.5, 0.6) is 0 Å². The zero-order valence-electron chi connectivity index (χ0n) is 4.79. The number of alkyl halides is 1. The third-order valence-electron chi connectivity index (χ3n) is 1.00. The van der Waals surface area contributed by atoms with Crippen LogP contribution < -0.4 is 4.73 Å². The number of aromatic nitrogens is 1. The molecule has 0 saturated heterocycles. The van der Waals surface area contributed by atoms with E-state index < -0.39 is 0 Å². The summed E-state index contributed by atoms with van der Waals surface area (Å²) in [4.78, 5) is 0. The quantitative estimate of drug-likeness (QED) is 0.354. The van der Waals surface area contributed by atoms with Crippen LogP contribution in [0.3, 0.4) is 0 Å². The van der Waals surface area contributed by atoms with E-state index in [1.807, 2.05) is 6.07 Å². The molecule has 1 heterocycles. The highest BCUT2D eigenvalue weighted by Gasteiger charge is 1.96. The molecule has 1 N–H and O–H groups in total. The van der Waals surface area contributed by atoms with Gasteiger partial charge in [0.2, 0.25) is 12.4 Å². The van der Waals surface area contributed by atoms with Crippen LogP contribution in [0, 0.1) is 0 Å². The molecule has 0 aliphatic heterocycles. The van der Waals surface area contributed by atoms with Gasteiger partial charge >= 0.3 is 0 Å². The lowest BCUT2D eigenvalue weighted by Gasteiger charge is -1.86. The van der Waals surface area contributed by atoms with Crippen molar-refractivity contribution in [2.45, 2.75) is 5.88 Å². The summed E-state index contributed by atoms with van der Waals surface area (Å²) in [6.45, 7) is 0. The lowest BCUT2D eigenvalue weighted by molar-refractivity contribution is -0.905. The van der Waals surface area contributed by atoms with Crippen LogP contribution in [0.15, 0.2) is 24.5 Å². The molecule has 2 nitrogen and oxygen atoms in total. The highest BCUT2D eigenvalue weighted by molar-refractivity contribution is 6.17. The third kappa shape index (κ3) is 1.57. The topological polar surface area (TPSA) is 24.1 Å². The van der Waals surface area contributed by atoms with Gasteiger partial charge in [0.05, 0.1) is 5.88 Å². The van der Waals surface area contributed by atoms with E-state index >= 15 is 0 Å². The molecule has 1 aromatic rings. The zero-order valence-corrected chi connectivity index (χ0v) is 5.54. The van der Waals surface area contributed by atoms with E-state index in [9.17, 15) is 0 Å². The summed E-state index contributed by atoms with van der Waals surface area (Å²) in [6.07, 6.45) is 3.10. The van der Waals surface area contributed by atoms with Crippen molar-refractivity contribution in [3.8, 4) is 0 Å². The van der Waals surface area contributed by atoms with Crippen LogP contribution in [0.25, 0.3) is 0 Å². The first-order valence-corrected chi connectivity index (χ1v) is 3.12. The lowest BCUT2D eigenvalue weighted by atomic mass is 10.3. The molecule has 0 fully saturated rings. The summed E-state index contributed by atoms with van der Waals surface area (Å²) >= 11 is 5.47. The summed E-state index contributed by atoms with van der Waals surface area (Å²) < 4.78 is 0.984. The van der Waals surface area contributed by atoms with Crippen molar-refractivity contribution >= 4 is 11.6 Å². The zero-order chi connectivity index (χ0) is 6.69. The minimum absolute atomic E-state index is 0.432. The smallest absolute Gasteiger partial charge is 0.226 e. The second-order valence-electron chi connectivity index (χ2n) is 1.73. The van der Waals surface area contributed by atoms with Gasteiger partial charge in [0.15, 0.2) is 0 Å². The molecule has 0 spiro atoms. The Hall–Kier alpha value is -0.760. The molecular weight excluding hydrogens is 138 g/mol. The predicted molar refractivity (Wildman–Crippen MR) is 33.4 cm³/mol. The molecule has 0 saturated carbocycles. The van der Waals surface area contributed by atoms with E-state index in [2.05, 4.69) is 0 Å². The van der Waals surface area contributed by atoms with Gasteiger partial charge in [0.25, 0.3) is 0 Å². The van der Waals surface area contributed by atoms with Crippen molar-refractivity contribution in [2.24, 2.45) is 0 Å². The standard InChI is InChI=1S/C6H7ClNO/c7-4-6-2-1-3-8(9)5-6/h1-3,5,9H,4H2/q+1. The Bertz CT molecular complexity index is 202. The van der Waals surface area contributed by atoms with Gasteiger partial charge in [-0.3, -0.25) is 5.21 Å². The summed E-state index contributed by atoms with van der Waals surface area (Å²) in [5, 5.41) is 8.80. The summed E-state index contributed by atoms with van der Waals surface area (Å²) in [5.41, 5.74) is 0.904. The van der Waals surface area contributed by atoms with Crippen molar-refractivity contribution in [1.29, 1.82) is 0 Å². The second kappa shape index (κ2) is 2.69. The van der Waals surface area contributed by atoms with E-state index in [0.29, 0.717) is 5.88 Å². The largest absolute Gasteiger partial charge is 0.285 e. The van der Waals surface area contributed by atoms with Gasteiger partial charge in [0.1, 0.15) is 0 Å². The lowest BCUT2D eigenvalue weighted by Crippen LogP contribution is -2.28. The Morgan fingerprint density at radius 3 is 2.89 bits per heavy atom. The van der Waals surface area contributed by atoms with Gasteiger partial charge < -0.3 is 0 Å². The number of nitrogens with zero attached hydrogens (tertiary/aromatic N) is 1. The molecule has 1 rings (SSSR count). The van der Waals surface area contributed by atoms with Crippen LogP contribution in [0.1, 0.15) is 5.56 Å². The Labute approximate surface area is 58.3 Å². The maximum Gasteiger partial charge on any atom is 0.226 e. The first kappa shape index (κ1) is 6.36. The summed E-state index contributed by atoms with van der Waals surface area (Å²) in [7, 11) is 0. The first-order chi connectivity index (χ1) is 4.33. The molecule has 0 aliphatic carbocycles. The van der Waals surface area contributed by atoms with E-state index in [1.54, 1.807) is 12.3 Å². The average Bonchev–Trinajstić information content (AvgIpc) is 1.88. The molecular formula is C6H7ClNO+. The van der Waals surface area contributed by atoms with Gasteiger partial charge in [-0.2, -0.15) is 0 Å².